The van der Waals surface area contributed by atoms with Crippen LogP contribution in [0.1, 0.15) is 89.6 Å². The van der Waals surface area contributed by atoms with E-state index in [2.05, 4.69) is 45.9 Å². The maximum Gasteiger partial charge on any atom is 0.162 e. The topological polar surface area (TPSA) is 76.2 Å². The van der Waals surface area contributed by atoms with Gasteiger partial charge in [-0.1, -0.05) is 83.7 Å². The summed E-state index contributed by atoms with van der Waals surface area (Å²) in [7, 11) is 0. The molecule has 0 saturated heterocycles. The third kappa shape index (κ3) is 5.75. The maximum absolute atomic E-state index is 11.7. The number of carbonyl (C=O) groups excluding carboxylic acids is 1. The number of benzene rings is 3. The number of para-hydroxylation sites is 2. The molecule has 2 aromatic heterocycles. The summed E-state index contributed by atoms with van der Waals surface area (Å²) >= 11 is 0. The normalized spacial score (nSPS) is 13.6. The molecule has 0 amide bonds. The maximum atomic E-state index is 11.7. The molecule has 0 saturated carbocycles. The average Bonchev–Trinajstić information content (AvgIpc) is 3.38. The van der Waals surface area contributed by atoms with Crippen molar-refractivity contribution in [2.75, 3.05) is 0 Å². The van der Waals surface area contributed by atoms with Gasteiger partial charge in [-0.25, -0.2) is 0 Å². The quantitative estimate of drug-likeness (QED) is 0.101. The van der Waals surface area contributed by atoms with E-state index in [1.807, 2.05) is 58.0 Å². The first-order chi connectivity index (χ1) is 20.6. The van der Waals surface area contributed by atoms with Crippen LogP contribution < -0.4 is 0 Å². The van der Waals surface area contributed by atoms with Crippen LogP contribution in [0.3, 0.4) is 0 Å². The molecule has 6 heteroatoms. The number of fused-ring (bicyclic) bond motifs is 3. The molecule has 0 unspecified atom stereocenters. The van der Waals surface area contributed by atoms with Gasteiger partial charge in [0.05, 0.1) is 22.4 Å². The summed E-state index contributed by atoms with van der Waals surface area (Å²) in [4.78, 5) is 21.9. The predicted octanol–water partition coefficient (Wildman–Crippen LogP) is 10.1. The van der Waals surface area contributed by atoms with Crippen LogP contribution in [0.2, 0.25) is 0 Å². The van der Waals surface area contributed by atoms with Crippen LogP contribution in [-0.4, -0.2) is 20.9 Å². The largest absolute Gasteiger partial charge is 0.512 e. The van der Waals surface area contributed by atoms with Crippen molar-refractivity contribution in [3.63, 3.8) is 0 Å². The standard InChI is InChI=1S/C25H19N2O.C13H24O2.Ir/c1-13-9-11-15-19-20-16(12-10-14(2)23(20)28-22(13)19)25(3,4)24-21(15)26-17-7-5-6-8-18(17)27-24;1-5-10(6-2)12(14)9-13(15)11(7-3)8-4;/h5-10,12H,1-4H3;9-11,14H,5-8H2,1-4H3;/q-1;;/b;12-9-;. The van der Waals surface area contributed by atoms with Gasteiger partial charge in [-0.2, -0.15) is 0 Å². The summed E-state index contributed by atoms with van der Waals surface area (Å²) in [5, 5.41) is 12.1. The van der Waals surface area contributed by atoms with Crippen molar-refractivity contribution < 1.29 is 34.4 Å². The third-order valence-electron chi connectivity index (χ3n) is 9.23. The van der Waals surface area contributed by atoms with Crippen LogP contribution in [0.5, 0.6) is 0 Å². The molecular weight excluding hydrogens is 725 g/mol. The number of aryl methyl sites for hydroxylation is 2. The SMILES string of the molecule is CCC(CC)C(=O)/C=C(\O)C(CC)CC.Cc1c[c-]c2c3c1oc1c(C)ccc(c13)C(C)(C)c1nc3ccccc3nc1-2.[Ir]. The molecule has 1 N–H and O–H groups in total. The summed E-state index contributed by atoms with van der Waals surface area (Å²) in [5.74, 6) is 0.547. The van der Waals surface area contributed by atoms with Crippen molar-refractivity contribution in [3.8, 4) is 11.3 Å². The Kier molecular flexibility index (Phi) is 10.2. The minimum atomic E-state index is -0.310. The van der Waals surface area contributed by atoms with Gasteiger partial charge in [0.1, 0.15) is 5.58 Å². The number of aliphatic hydroxyl groups excluding tert-OH is 1. The third-order valence-corrected chi connectivity index (χ3v) is 9.23. The van der Waals surface area contributed by atoms with Crippen molar-refractivity contribution in [1.29, 1.82) is 0 Å². The fourth-order valence-corrected chi connectivity index (χ4v) is 6.39. The molecule has 5 nitrogen and oxygen atoms in total. The van der Waals surface area contributed by atoms with Crippen molar-refractivity contribution in [2.24, 2.45) is 11.8 Å². The van der Waals surface area contributed by atoms with E-state index in [4.69, 9.17) is 14.4 Å². The van der Waals surface area contributed by atoms with Crippen LogP contribution in [0, 0.1) is 31.7 Å². The Bertz CT molecular complexity index is 1860. The number of aliphatic hydroxyl groups is 1. The van der Waals surface area contributed by atoms with Crippen molar-refractivity contribution in [1.82, 2.24) is 9.97 Å². The predicted molar refractivity (Wildman–Crippen MR) is 177 cm³/mol. The average molecular weight is 768 g/mol. The summed E-state index contributed by atoms with van der Waals surface area (Å²) in [6.07, 6.45) is 4.91. The van der Waals surface area contributed by atoms with E-state index in [1.54, 1.807) is 0 Å². The molecular formula is C38H43IrN2O3-. The van der Waals surface area contributed by atoms with Crippen LogP contribution in [0.15, 0.2) is 58.7 Å². The molecule has 0 fully saturated rings. The van der Waals surface area contributed by atoms with E-state index in [9.17, 15) is 9.90 Å². The summed E-state index contributed by atoms with van der Waals surface area (Å²) < 4.78 is 6.40. The Morgan fingerprint density at radius 2 is 1.48 bits per heavy atom. The van der Waals surface area contributed by atoms with Crippen LogP contribution in [-0.2, 0) is 30.3 Å². The van der Waals surface area contributed by atoms with Gasteiger partial charge in [-0.3, -0.25) is 14.8 Å². The summed E-state index contributed by atoms with van der Waals surface area (Å²) in [6, 6.07) is 18.0. The molecule has 1 aliphatic rings. The van der Waals surface area contributed by atoms with Gasteiger partial charge in [0.2, 0.25) is 0 Å². The van der Waals surface area contributed by atoms with E-state index in [-0.39, 0.29) is 48.9 Å². The van der Waals surface area contributed by atoms with Crippen LogP contribution in [0.25, 0.3) is 44.2 Å². The van der Waals surface area contributed by atoms with Gasteiger partial charge >= 0.3 is 0 Å². The minimum Gasteiger partial charge on any atom is -0.512 e. The second-order valence-electron chi connectivity index (χ2n) is 12.3. The second-order valence-corrected chi connectivity index (χ2v) is 12.3. The number of carbonyl (C=O) groups is 1. The van der Waals surface area contributed by atoms with E-state index in [1.165, 1.54) is 17.0 Å². The Labute approximate surface area is 274 Å². The van der Waals surface area contributed by atoms with Crippen LogP contribution in [0.4, 0.5) is 0 Å². The van der Waals surface area contributed by atoms with E-state index < -0.39 is 0 Å². The van der Waals surface area contributed by atoms with Gasteiger partial charge in [0.15, 0.2) is 5.78 Å². The molecule has 6 rings (SSSR count). The first-order valence-corrected chi connectivity index (χ1v) is 15.7. The Morgan fingerprint density at radius 3 is 2.09 bits per heavy atom. The molecule has 0 aliphatic heterocycles. The minimum absolute atomic E-state index is 0. The molecule has 0 bridgehead atoms. The number of rotatable bonds is 7. The molecule has 0 spiro atoms. The van der Waals surface area contributed by atoms with Crippen molar-refractivity contribution >= 4 is 38.8 Å². The number of hydrogen-bond donors (Lipinski definition) is 1. The fourth-order valence-electron chi connectivity index (χ4n) is 6.39. The first-order valence-electron chi connectivity index (χ1n) is 15.7. The van der Waals surface area contributed by atoms with E-state index in [0.29, 0.717) is 0 Å². The van der Waals surface area contributed by atoms with E-state index in [0.717, 1.165) is 81.3 Å². The first kappa shape index (κ1) is 33.6. The van der Waals surface area contributed by atoms with Gasteiger partial charge in [0.25, 0.3) is 0 Å². The van der Waals surface area contributed by atoms with Gasteiger partial charge < -0.3 is 9.52 Å². The molecule has 1 aliphatic carbocycles. The summed E-state index contributed by atoms with van der Waals surface area (Å²) in [5.41, 5.74) is 9.77. The smallest absolute Gasteiger partial charge is 0.162 e. The number of nitrogens with zero attached hydrogens (tertiary/aromatic N) is 2. The Morgan fingerprint density at radius 1 is 0.886 bits per heavy atom. The molecule has 233 valence electrons. The van der Waals surface area contributed by atoms with Gasteiger partial charge in [-0.05, 0) is 61.3 Å². The van der Waals surface area contributed by atoms with Crippen molar-refractivity contribution in [3.05, 3.63) is 82.8 Å². The van der Waals surface area contributed by atoms with Crippen molar-refractivity contribution in [2.45, 2.75) is 86.5 Å². The Hall–Kier alpha value is -3.34. The zero-order chi connectivity index (χ0) is 31.1. The zero-order valence-electron chi connectivity index (χ0n) is 27.1. The fraction of sp³-hybridized carbons (Fsp3) is 0.395. The number of ketones is 1. The van der Waals surface area contributed by atoms with Gasteiger partial charge in [0, 0.05) is 54.8 Å². The number of allylic oxidation sites excluding steroid dienone is 2. The van der Waals surface area contributed by atoms with Gasteiger partial charge in [-0.15, -0.1) is 17.7 Å². The second kappa shape index (κ2) is 13.3. The van der Waals surface area contributed by atoms with Crippen LogP contribution >= 0.6 is 0 Å². The zero-order valence-corrected chi connectivity index (χ0v) is 29.5. The number of hydrogen-bond acceptors (Lipinski definition) is 5. The molecule has 1 radical (unpaired) electrons. The molecule has 2 heterocycles. The molecule has 0 atom stereocenters. The number of aromatic nitrogens is 2. The monoisotopic (exact) mass is 768 g/mol. The molecule has 44 heavy (non-hydrogen) atoms. The van der Waals surface area contributed by atoms with E-state index >= 15 is 0 Å². The molecule has 3 aromatic carbocycles. The molecule has 5 aromatic rings. The Balaban J connectivity index is 0.000000239. The summed E-state index contributed by atoms with van der Waals surface area (Å²) in [6.45, 7) is 16.7. The number of furan rings is 1.